The molecule has 0 bridgehead atoms. The van der Waals surface area contributed by atoms with E-state index < -0.39 is 40.4 Å². The molecule has 1 heterocycles. The van der Waals surface area contributed by atoms with Gasteiger partial charge in [-0.05, 0) is 72.0 Å². The molecule has 0 aromatic heterocycles. The predicted molar refractivity (Wildman–Crippen MR) is 160 cm³/mol. The molecule has 0 unspecified atom stereocenters. The zero-order valence-electron chi connectivity index (χ0n) is 22.7. The van der Waals surface area contributed by atoms with E-state index in [0.29, 0.717) is 33.5 Å². The van der Waals surface area contributed by atoms with Crippen LogP contribution in [0.2, 0.25) is 0 Å². The summed E-state index contributed by atoms with van der Waals surface area (Å²) >= 11 is 7.54. The summed E-state index contributed by atoms with van der Waals surface area (Å²) in [6, 6.07) is 15.5. The number of aliphatic hydroxyl groups excluding tert-OH is 1. The number of nitriles is 1. The first-order valence-electron chi connectivity index (χ1n) is 12.5. The summed E-state index contributed by atoms with van der Waals surface area (Å²) in [6.07, 6.45) is -0.969. The van der Waals surface area contributed by atoms with Crippen molar-refractivity contribution in [3.63, 3.8) is 0 Å². The molecule has 2 aromatic carbocycles. The molecule has 0 aliphatic carbocycles. The number of hydrogen-bond donors (Lipinski definition) is 2. The van der Waals surface area contributed by atoms with Crippen LogP contribution in [0.4, 0.5) is 0 Å². The molecule has 2 aromatic rings. The number of β-lactam (4-membered cyclic amide) rings is 1. The minimum absolute atomic E-state index is 0.242. The maximum Gasteiger partial charge on any atom is 0.357 e. The number of likely N-dealkylation sites (tertiary alicyclic amines) is 1. The smallest absolute Gasteiger partial charge is 0.357 e. The van der Waals surface area contributed by atoms with Crippen LogP contribution >= 0.6 is 35.7 Å². The SMILES string of the molecule is CCS[C@@H]1[C@@H]([C@@H](C)O)C(=O)N1C(C(=O)O)=C(Oc1ccc(C(=S)c2ccc(C#N)cc2)cc1)SC(=O)C(C)(C)C. The van der Waals surface area contributed by atoms with E-state index in [0.717, 1.165) is 10.5 Å². The van der Waals surface area contributed by atoms with Crippen LogP contribution in [0.3, 0.4) is 0 Å². The standard InChI is InChI=1S/C29H30N2O6S3/c1-6-39-25-21(16(2)32)24(33)31(25)22(26(34)35)27(40-28(36)29(3,4)5)37-20-13-11-19(12-14-20)23(38)18-9-7-17(15-30)8-10-18/h7-14,16,21,25,32H,6H2,1-5H3,(H,34,35)/t16-,21+,25-/m1/s1. The molecule has 3 rings (SSSR count). The van der Waals surface area contributed by atoms with Gasteiger partial charge in [0.05, 0.1) is 33.9 Å². The molecule has 0 radical (unpaired) electrons. The lowest BCUT2D eigenvalue weighted by atomic mass is 9.92. The Balaban J connectivity index is 2.00. The van der Waals surface area contributed by atoms with Gasteiger partial charge in [0.15, 0.2) is 10.8 Å². The van der Waals surface area contributed by atoms with Crippen LogP contribution < -0.4 is 4.74 Å². The summed E-state index contributed by atoms with van der Waals surface area (Å²) < 4.78 is 6.00. The van der Waals surface area contributed by atoms with Gasteiger partial charge in [-0.2, -0.15) is 5.26 Å². The van der Waals surface area contributed by atoms with Crippen molar-refractivity contribution in [1.82, 2.24) is 4.90 Å². The largest absolute Gasteiger partial charge is 0.476 e. The summed E-state index contributed by atoms with van der Waals surface area (Å²) in [7, 11) is 0. The van der Waals surface area contributed by atoms with Crippen molar-refractivity contribution in [3.05, 3.63) is 76.0 Å². The van der Waals surface area contributed by atoms with Crippen molar-refractivity contribution in [1.29, 1.82) is 5.26 Å². The van der Waals surface area contributed by atoms with E-state index in [2.05, 4.69) is 6.07 Å². The second kappa shape index (κ2) is 13.0. The number of aliphatic carboxylic acids is 1. The molecule has 1 fully saturated rings. The number of rotatable bonds is 10. The van der Waals surface area contributed by atoms with Crippen molar-refractivity contribution < 1.29 is 29.3 Å². The number of thioether (sulfide) groups is 2. The summed E-state index contributed by atoms with van der Waals surface area (Å²) in [5.41, 5.74) is 0.704. The number of benzene rings is 2. The van der Waals surface area contributed by atoms with Crippen LogP contribution in [0.25, 0.3) is 0 Å². The first kappa shape index (κ1) is 31.4. The summed E-state index contributed by atoms with van der Waals surface area (Å²) in [5.74, 6) is -1.93. The lowest BCUT2D eigenvalue weighted by Crippen LogP contribution is -2.63. The molecule has 8 nitrogen and oxygen atoms in total. The van der Waals surface area contributed by atoms with Crippen molar-refractivity contribution in [2.24, 2.45) is 11.3 Å². The Morgan fingerprint density at radius 3 is 2.12 bits per heavy atom. The molecule has 1 saturated heterocycles. The highest BCUT2D eigenvalue weighted by Crippen LogP contribution is 2.43. The normalized spacial score (nSPS) is 18.2. The summed E-state index contributed by atoms with van der Waals surface area (Å²) in [4.78, 5) is 40.2. The zero-order valence-corrected chi connectivity index (χ0v) is 25.2. The molecule has 40 heavy (non-hydrogen) atoms. The van der Waals surface area contributed by atoms with E-state index >= 15 is 0 Å². The Hall–Kier alpha value is -3.17. The molecule has 2 N–H and O–H groups in total. The van der Waals surface area contributed by atoms with E-state index in [1.165, 1.54) is 18.7 Å². The van der Waals surface area contributed by atoms with E-state index in [4.69, 9.17) is 22.2 Å². The average Bonchev–Trinajstić information content (AvgIpc) is 2.90. The molecule has 210 valence electrons. The van der Waals surface area contributed by atoms with Gasteiger partial charge in [0.1, 0.15) is 5.75 Å². The Kier molecular flexibility index (Phi) is 10.2. The average molecular weight is 599 g/mol. The van der Waals surface area contributed by atoms with E-state index in [9.17, 15) is 24.6 Å². The number of aliphatic hydroxyl groups is 1. The maximum absolute atomic E-state index is 13.0. The molecule has 1 aliphatic heterocycles. The highest BCUT2D eigenvalue weighted by atomic mass is 32.2. The third-order valence-electron chi connectivity index (χ3n) is 5.98. The van der Waals surface area contributed by atoms with Crippen molar-refractivity contribution in [2.75, 3.05) is 5.75 Å². The summed E-state index contributed by atoms with van der Waals surface area (Å²) in [5, 5.41) is 28.2. The minimum atomic E-state index is -1.43. The molecule has 0 saturated carbocycles. The maximum atomic E-state index is 13.0. The van der Waals surface area contributed by atoms with Gasteiger partial charge in [-0.25, -0.2) is 4.79 Å². The number of hydrogen-bond acceptors (Lipinski definition) is 9. The molecule has 11 heteroatoms. The van der Waals surface area contributed by atoms with E-state index in [-0.39, 0.29) is 16.0 Å². The van der Waals surface area contributed by atoms with Gasteiger partial charge in [-0.3, -0.25) is 14.5 Å². The predicted octanol–water partition coefficient (Wildman–Crippen LogP) is 5.18. The fraction of sp³-hybridized carbons (Fsp3) is 0.345. The number of carboxylic acids is 1. The zero-order chi connectivity index (χ0) is 29.8. The quantitative estimate of drug-likeness (QED) is 0.124. The van der Waals surface area contributed by atoms with Gasteiger partial charge in [0.2, 0.25) is 11.0 Å². The van der Waals surface area contributed by atoms with E-state index in [1.54, 1.807) is 69.3 Å². The van der Waals surface area contributed by atoms with Crippen LogP contribution in [0.5, 0.6) is 5.75 Å². The number of amides is 1. The fourth-order valence-corrected chi connectivity index (χ4v) is 6.22. The Labute approximate surface area is 247 Å². The summed E-state index contributed by atoms with van der Waals surface area (Å²) in [6.45, 7) is 8.47. The minimum Gasteiger partial charge on any atom is -0.476 e. The van der Waals surface area contributed by atoms with Gasteiger partial charge < -0.3 is 14.9 Å². The Bertz CT molecular complexity index is 1370. The third kappa shape index (κ3) is 6.93. The van der Waals surface area contributed by atoms with Crippen LogP contribution in [-0.4, -0.2) is 54.2 Å². The molecular weight excluding hydrogens is 569 g/mol. The monoisotopic (exact) mass is 598 g/mol. The van der Waals surface area contributed by atoms with Gasteiger partial charge in [0.25, 0.3) is 0 Å². The second-order valence-corrected chi connectivity index (χ2v) is 12.8. The van der Waals surface area contributed by atoms with E-state index in [1.807, 2.05) is 6.92 Å². The fourth-order valence-electron chi connectivity index (χ4n) is 3.81. The lowest BCUT2D eigenvalue weighted by Gasteiger charge is -2.47. The highest BCUT2D eigenvalue weighted by molar-refractivity contribution is 8.16. The number of carboxylic acid groups (broad SMARTS) is 1. The van der Waals surface area contributed by atoms with Crippen molar-refractivity contribution in [2.45, 2.75) is 46.1 Å². The number of thiocarbonyl (C=S) groups is 1. The van der Waals surface area contributed by atoms with Gasteiger partial charge in [-0.1, -0.05) is 52.0 Å². The van der Waals surface area contributed by atoms with Crippen LogP contribution in [0, 0.1) is 22.7 Å². The van der Waals surface area contributed by atoms with Crippen LogP contribution in [-0.2, 0) is 14.4 Å². The molecule has 1 amide bonds. The highest BCUT2D eigenvalue weighted by Gasteiger charge is 2.54. The topological polar surface area (TPSA) is 128 Å². The Morgan fingerprint density at radius 1 is 1.12 bits per heavy atom. The van der Waals surface area contributed by atoms with Crippen LogP contribution in [0.1, 0.15) is 51.3 Å². The van der Waals surface area contributed by atoms with Crippen LogP contribution in [0.15, 0.2) is 59.3 Å². The lowest BCUT2D eigenvalue weighted by molar-refractivity contribution is -0.157. The first-order chi connectivity index (χ1) is 18.8. The number of ether oxygens (including phenoxy) is 1. The Morgan fingerprint density at radius 2 is 1.68 bits per heavy atom. The first-order valence-corrected chi connectivity index (χ1v) is 14.7. The molecular formula is C29H30N2O6S3. The van der Waals surface area contributed by atoms with Crippen molar-refractivity contribution in [3.8, 4) is 11.8 Å². The van der Waals surface area contributed by atoms with Crippen molar-refractivity contribution >= 4 is 57.6 Å². The third-order valence-corrected chi connectivity index (χ3v) is 8.89. The molecule has 1 aliphatic rings. The second-order valence-electron chi connectivity index (χ2n) is 10.0. The van der Waals surface area contributed by atoms with Gasteiger partial charge in [-0.15, -0.1) is 11.8 Å². The van der Waals surface area contributed by atoms with Gasteiger partial charge >= 0.3 is 5.97 Å². The molecule has 0 spiro atoms. The number of nitrogens with zero attached hydrogens (tertiary/aromatic N) is 2. The molecule has 3 atom stereocenters. The number of carbonyl (C=O) groups excluding carboxylic acids is 2. The van der Waals surface area contributed by atoms with Gasteiger partial charge in [0, 0.05) is 5.41 Å². The number of carbonyl (C=O) groups is 3.